The molecule has 0 unspecified atom stereocenters. The lowest BCUT2D eigenvalue weighted by Crippen LogP contribution is -2.13. The zero-order valence-electron chi connectivity index (χ0n) is 9.92. The number of nitrogens with zero attached hydrogens (tertiary/aromatic N) is 3. The summed E-state index contributed by atoms with van der Waals surface area (Å²) in [5.41, 5.74) is 1.23. The van der Waals surface area contributed by atoms with Crippen molar-refractivity contribution in [2.75, 3.05) is 5.32 Å². The number of thiazole rings is 1. The van der Waals surface area contributed by atoms with E-state index in [0.717, 1.165) is 10.2 Å². The number of aryl methyl sites for hydroxylation is 1. The summed E-state index contributed by atoms with van der Waals surface area (Å²) in [4.78, 5) is 16.4. The van der Waals surface area contributed by atoms with Crippen LogP contribution in [0.4, 0.5) is 5.13 Å². The Morgan fingerprint density at radius 3 is 2.89 bits per heavy atom. The number of para-hydroxylation sites is 1. The van der Waals surface area contributed by atoms with Gasteiger partial charge in [0.2, 0.25) is 0 Å². The van der Waals surface area contributed by atoms with Gasteiger partial charge in [0.1, 0.15) is 0 Å². The van der Waals surface area contributed by atoms with E-state index in [1.165, 1.54) is 11.3 Å². The first-order valence-corrected chi connectivity index (χ1v) is 7.10. The van der Waals surface area contributed by atoms with Crippen LogP contribution in [0.2, 0.25) is 0 Å². The molecule has 0 aliphatic heterocycles. The van der Waals surface area contributed by atoms with Crippen LogP contribution in [0, 0.1) is 0 Å². The number of fused-ring (bicyclic) bond motifs is 1. The predicted molar refractivity (Wildman–Crippen MR) is 78.5 cm³/mol. The van der Waals surface area contributed by atoms with Gasteiger partial charge in [0, 0.05) is 13.2 Å². The van der Waals surface area contributed by atoms with E-state index >= 15 is 0 Å². The molecular formula is C12H9BrN4OS. The standard InChI is InChI=1S/C12H9BrN4OS/c1-17-6-7(13)10(16-17)11(18)15-12-14-8-4-2-3-5-9(8)19-12/h2-6H,1H3,(H,14,15,18). The Morgan fingerprint density at radius 1 is 1.42 bits per heavy atom. The maximum absolute atomic E-state index is 12.1. The van der Waals surface area contributed by atoms with Gasteiger partial charge < -0.3 is 0 Å². The first-order chi connectivity index (χ1) is 9.13. The average molecular weight is 337 g/mol. The number of anilines is 1. The van der Waals surface area contributed by atoms with Crippen LogP contribution in [-0.4, -0.2) is 20.7 Å². The quantitative estimate of drug-likeness (QED) is 0.782. The van der Waals surface area contributed by atoms with Crippen molar-refractivity contribution in [3.63, 3.8) is 0 Å². The zero-order valence-corrected chi connectivity index (χ0v) is 12.3. The molecule has 0 radical (unpaired) electrons. The minimum absolute atomic E-state index is 0.272. The molecule has 7 heteroatoms. The van der Waals surface area contributed by atoms with Crippen molar-refractivity contribution in [3.8, 4) is 0 Å². The summed E-state index contributed by atoms with van der Waals surface area (Å²) < 4.78 is 3.28. The molecule has 1 aromatic carbocycles. The first-order valence-electron chi connectivity index (χ1n) is 5.49. The van der Waals surface area contributed by atoms with Crippen LogP contribution in [0.15, 0.2) is 34.9 Å². The molecule has 3 aromatic rings. The van der Waals surface area contributed by atoms with E-state index in [1.807, 2.05) is 24.3 Å². The molecule has 1 amide bonds. The van der Waals surface area contributed by atoms with Crippen molar-refractivity contribution >= 4 is 48.5 Å². The van der Waals surface area contributed by atoms with Crippen molar-refractivity contribution in [2.45, 2.75) is 0 Å². The van der Waals surface area contributed by atoms with Gasteiger partial charge in [-0.05, 0) is 28.1 Å². The van der Waals surface area contributed by atoms with E-state index < -0.39 is 0 Å². The van der Waals surface area contributed by atoms with Crippen LogP contribution in [0.1, 0.15) is 10.5 Å². The highest BCUT2D eigenvalue weighted by atomic mass is 79.9. The van der Waals surface area contributed by atoms with Gasteiger partial charge in [-0.2, -0.15) is 5.10 Å². The third kappa shape index (κ3) is 2.39. The number of carbonyl (C=O) groups is 1. The molecule has 5 nitrogen and oxygen atoms in total. The van der Waals surface area contributed by atoms with E-state index in [9.17, 15) is 4.79 Å². The Kier molecular flexibility index (Phi) is 3.08. The Morgan fingerprint density at radius 2 is 2.21 bits per heavy atom. The fourth-order valence-electron chi connectivity index (χ4n) is 1.70. The number of rotatable bonds is 2. The summed E-state index contributed by atoms with van der Waals surface area (Å²) in [6.45, 7) is 0. The fourth-order valence-corrected chi connectivity index (χ4v) is 3.11. The highest BCUT2D eigenvalue weighted by molar-refractivity contribution is 9.10. The fraction of sp³-hybridized carbons (Fsp3) is 0.0833. The van der Waals surface area contributed by atoms with Crippen molar-refractivity contribution in [3.05, 3.63) is 40.6 Å². The van der Waals surface area contributed by atoms with Gasteiger partial charge in [-0.25, -0.2) is 4.98 Å². The predicted octanol–water partition coefficient (Wildman–Crippen LogP) is 3.04. The van der Waals surface area contributed by atoms with Crippen LogP contribution in [0.3, 0.4) is 0 Å². The van der Waals surface area contributed by atoms with Crippen molar-refractivity contribution in [1.82, 2.24) is 14.8 Å². The maximum atomic E-state index is 12.1. The Hall–Kier alpha value is -1.73. The van der Waals surface area contributed by atoms with Crippen LogP contribution >= 0.6 is 27.3 Å². The van der Waals surface area contributed by atoms with Gasteiger partial charge in [-0.15, -0.1) is 0 Å². The summed E-state index contributed by atoms with van der Waals surface area (Å²) >= 11 is 4.74. The normalized spacial score (nSPS) is 10.8. The number of hydrogen-bond donors (Lipinski definition) is 1. The lowest BCUT2D eigenvalue weighted by atomic mass is 10.3. The smallest absolute Gasteiger partial charge is 0.279 e. The number of benzene rings is 1. The molecule has 0 atom stereocenters. The van der Waals surface area contributed by atoms with E-state index in [1.54, 1.807) is 17.9 Å². The molecule has 96 valence electrons. The van der Waals surface area contributed by atoms with Crippen LogP contribution in [-0.2, 0) is 7.05 Å². The van der Waals surface area contributed by atoms with E-state index in [-0.39, 0.29) is 5.91 Å². The molecule has 0 aliphatic carbocycles. The van der Waals surface area contributed by atoms with Gasteiger partial charge >= 0.3 is 0 Å². The molecule has 0 saturated heterocycles. The maximum Gasteiger partial charge on any atom is 0.279 e. The van der Waals surface area contributed by atoms with Crippen LogP contribution in [0.5, 0.6) is 0 Å². The number of halogens is 1. The monoisotopic (exact) mass is 336 g/mol. The average Bonchev–Trinajstić information content (AvgIpc) is 2.91. The molecule has 0 spiro atoms. The largest absolute Gasteiger partial charge is 0.296 e. The second-order valence-electron chi connectivity index (χ2n) is 3.94. The van der Waals surface area contributed by atoms with Crippen molar-refractivity contribution < 1.29 is 4.79 Å². The molecule has 2 aromatic heterocycles. The first kappa shape index (κ1) is 12.3. The van der Waals surface area contributed by atoms with Gasteiger partial charge in [-0.3, -0.25) is 14.8 Å². The molecule has 2 heterocycles. The molecule has 0 aliphatic rings. The Bertz CT molecular complexity index is 731. The summed E-state index contributed by atoms with van der Waals surface area (Å²) in [5.74, 6) is -0.272. The molecule has 3 rings (SSSR count). The molecular weight excluding hydrogens is 328 g/mol. The third-order valence-electron chi connectivity index (χ3n) is 2.51. The lowest BCUT2D eigenvalue weighted by Gasteiger charge is -1.97. The molecule has 0 saturated carbocycles. The summed E-state index contributed by atoms with van der Waals surface area (Å²) in [6.07, 6.45) is 1.73. The minimum Gasteiger partial charge on any atom is -0.296 e. The van der Waals surface area contributed by atoms with Gasteiger partial charge in [0.05, 0.1) is 14.7 Å². The Labute approximate surface area is 121 Å². The molecule has 0 fully saturated rings. The molecule has 19 heavy (non-hydrogen) atoms. The highest BCUT2D eigenvalue weighted by Crippen LogP contribution is 2.26. The number of hydrogen-bond acceptors (Lipinski definition) is 4. The number of amides is 1. The minimum atomic E-state index is -0.272. The zero-order chi connectivity index (χ0) is 13.4. The lowest BCUT2D eigenvalue weighted by molar-refractivity contribution is 0.102. The van der Waals surface area contributed by atoms with E-state index in [2.05, 4.69) is 31.3 Å². The van der Waals surface area contributed by atoms with Crippen molar-refractivity contribution in [2.24, 2.45) is 7.05 Å². The summed E-state index contributed by atoms with van der Waals surface area (Å²) in [6, 6.07) is 7.75. The number of aromatic nitrogens is 3. The topological polar surface area (TPSA) is 59.8 Å². The van der Waals surface area contributed by atoms with Gasteiger partial charge in [0.25, 0.3) is 5.91 Å². The second-order valence-corrected chi connectivity index (χ2v) is 5.83. The Balaban J connectivity index is 1.88. The van der Waals surface area contributed by atoms with E-state index in [4.69, 9.17) is 0 Å². The van der Waals surface area contributed by atoms with E-state index in [0.29, 0.717) is 15.3 Å². The summed E-state index contributed by atoms with van der Waals surface area (Å²) in [7, 11) is 1.76. The highest BCUT2D eigenvalue weighted by Gasteiger charge is 2.16. The van der Waals surface area contributed by atoms with Gasteiger partial charge in [-0.1, -0.05) is 23.5 Å². The number of nitrogens with one attached hydrogen (secondary N) is 1. The van der Waals surface area contributed by atoms with Crippen LogP contribution < -0.4 is 5.32 Å². The van der Waals surface area contributed by atoms with Crippen molar-refractivity contribution in [1.29, 1.82) is 0 Å². The SMILES string of the molecule is Cn1cc(Br)c(C(=O)Nc2nc3ccccc3s2)n1. The second kappa shape index (κ2) is 4.75. The summed E-state index contributed by atoms with van der Waals surface area (Å²) in [5, 5.41) is 7.43. The van der Waals surface area contributed by atoms with Gasteiger partial charge in [0.15, 0.2) is 10.8 Å². The molecule has 1 N–H and O–H groups in total. The molecule has 0 bridgehead atoms. The van der Waals surface area contributed by atoms with Crippen LogP contribution in [0.25, 0.3) is 10.2 Å². The third-order valence-corrected chi connectivity index (χ3v) is 4.05. The number of carbonyl (C=O) groups excluding carboxylic acids is 1.